The van der Waals surface area contributed by atoms with Crippen LogP contribution in [0.4, 0.5) is 0 Å². The van der Waals surface area contributed by atoms with Crippen LogP contribution in [0.15, 0.2) is 24.3 Å². The lowest BCUT2D eigenvalue weighted by Crippen LogP contribution is -2.13. The van der Waals surface area contributed by atoms with Gasteiger partial charge in [-0.15, -0.1) is 0 Å². The predicted octanol–water partition coefficient (Wildman–Crippen LogP) is 2.57. The van der Waals surface area contributed by atoms with E-state index in [1.807, 2.05) is 31.2 Å². The average Bonchev–Trinajstić information content (AvgIpc) is 2.88. The Bertz CT molecular complexity index is 353. The van der Waals surface area contributed by atoms with Gasteiger partial charge in [0.05, 0.1) is 5.92 Å². The molecule has 0 saturated heterocycles. The van der Waals surface area contributed by atoms with Gasteiger partial charge in [0.15, 0.2) is 0 Å². The molecule has 0 aromatic heterocycles. The van der Waals surface area contributed by atoms with Gasteiger partial charge in [0.1, 0.15) is 0 Å². The molecule has 1 atom stereocenters. The first kappa shape index (κ1) is 9.25. The summed E-state index contributed by atoms with van der Waals surface area (Å²) in [5.74, 6) is -0.595. The van der Waals surface area contributed by atoms with Gasteiger partial charge >= 0.3 is 5.97 Å². The van der Waals surface area contributed by atoms with Crippen molar-refractivity contribution in [2.24, 2.45) is 5.92 Å². The molecule has 1 unspecified atom stereocenters. The van der Waals surface area contributed by atoms with Crippen LogP contribution in [-0.4, -0.2) is 11.1 Å². The number of carboxylic acid groups (broad SMARTS) is 1. The molecule has 1 aliphatic rings. The van der Waals surface area contributed by atoms with E-state index in [0.29, 0.717) is 5.92 Å². The number of carbonyl (C=O) groups is 1. The summed E-state index contributed by atoms with van der Waals surface area (Å²) in [6, 6.07) is 7.83. The number of hydrogen-bond acceptors (Lipinski definition) is 1. The molecule has 1 aromatic carbocycles. The minimum atomic E-state index is -0.682. The van der Waals surface area contributed by atoms with Gasteiger partial charge in [-0.25, -0.2) is 0 Å². The average molecular weight is 190 g/mol. The number of rotatable bonds is 3. The van der Waals surface area contributed by atoms with Gasteiger partial charge < -0.3 is 5.11 Å². The topological polar surface area (TPSA) is 37.3 Å². The Kier molecular flexibility index (Phi) is 2.28. The molecule has 0 aliphatic heterocycles. The van der Waals surface area contributed by atoms with E-state index < -0.39 is 5.97 Å². The Hall–Kier alpha value is -1.31. The van der Waals surface area contributed by atoms with Crippen molar-refractivity contribution in [3.05, 3.63) is 35.4 Å². The molecule has 74 valence electrons. The first-order valence-electron chi connectivity index (χ1n) is 4.98. The van der Waals surface area contributed by atoms with E-state index in [9.17, 15) is 4.79 Å². The van der Waals surface area contributed by atoms with Gasteiger partial charge in [-0.2, -0.15) is 0 Å². The van der Waals surface area contributed by atoms with E-state index in [4.69, 9.17) is 5.11 Å². The van der Waals surface area contributed by atoms with E-state index in [0.717, 1.165) is 24.0 Å². The summed E-state index contributed by atoms with van der Waals surface area (Å²) in [4.78, 5) is 11.1. The zero-order valence-electron chi connectivity index (χ0n) is 8.23. The third kappa shape index (κ3) is 1.79. The van der Waals surface area contributed by atoms with Gasteiger partial charge in [-0.3, -0.25) is 4.79 Å². The van der Waals surface area contributed by atoms with Gasteiger partial charge in [0.25, 0.3) is 0 Å². The molecular weight excluding hydrogens is 176 g/mol. The Labute approximate surface area is 83.6 Å². The van der Waals surface area contributed by atoms with Crippen LogP contribution in [-0.2, 0) is 4.79 Å². The monoisotopic (exact) mass is 190 g/mol. The molecule has 0 amide bonds. The van der Waals surface area contributed by atoms with E-state index in [2.05, 4.69) is 0 Å². The highest BCUT2D eigenvalue weighted by atomic mass is 16.4. The van der Waals surface area contributed by atoms with Crippen LogP contribution in [0.5, 0.6) is 0 Å². The van der Waals surface area contributed by atoms with Crippen LogP contribution < -0.4 is 0 Å². The fourth-order valence-electron chi connectivity index (χ4n) is 1.91. The highest BCUT2D eigenvalue weighted by molar-refractivity contribution is 5.77. The lowest BCUT2D eigenvalue weighted by Gasteiger charge is -2.11. The first-order valence-corrected chi connectivity index (χ1v) is 4.98. The second-order valence-corrected chi connectivity index (χ2v) is 4.07. The second kappa shape index (κ2) is 3.45. The zero-order valence-corrected chi connectivity index (χ0v) is 8.23. The van der Waals surface area contributed by atoms with Crippen LogP contribution in [0, 0.1) is 12.8 Å². The molecule has 2 rings (SSSR count). The maximum absolute atomic E-state index is 11.1. The Morgan fingerprint density at radius 1 is 1.50 bits per heavy atom. The molecular formula is C12H14O2. The molecule has 0 bridgehead atoms. The van der Waals surface area contributed by atoms with Crippen LogP contribution in [0.2, 0.25) is 0 Å². The number of carboxylic acids is 1. The maximum Gasteiger partial charge on any atom is 0.311 e. The van der Waals surface area contributed by atoms with Crippen molar-refractivity contribution in [1.82, 2.24) is 0 Å². The molecule has 1 aliphatic carbocycles. The summed E-state index contributed by atoms with van der Waals surface area (Å²) >= 11 is 0. The van der Waals surface area contributed by atoms with Gasteiger partial charge in [0, 0.05) is 0 Å². The second-order valence-electron chi connectivity index (χ2n) is 4.07. The van der Waals surface area contributed by atoms with Gasteiger partial charge in [0.2, 0.25) is 0 Å². The predicted molar refractivity (Wildman–Crippen MR) is 54.3 cm³/mol. The standard InChI is InChI=1S/C12H14O2/c1-8-3-2-4-10(7-8)11(12(13)14)9-5-6-9/h2-4,7,9,11H,5-6H2,1H3,(H,13,14). The van der Waals surface area contributed by atoms with Crippen LogP contribution >= 0.6 is 0 Å². The van der Waals surface area contributed by atoms with Gasteiger partial charge in [-0.05, 0) is 31.2 Å². The van der Waals surface area contributed by atoms with Crippen molar-refractivity contribution in [3.8, 4) is 0 Å². The number of hydrogen-bond donors (Lipinski definition) is 1. The van der Waals surface area contributed by atoms with Crippen molar-refractivity contribution in [3.63, 3.8) is 0 Å². The Morgan fingerprint density at radius 3 is 2.71 bits per heavy atom. The molecule has 1 saturated carbocycles. The minimum absolute atomic E-state index is 0.283. The summed E-state index contributed by atoms with van der Waals surface area (Å²) in [5, 5.41) is 9.13. The highest BCUT2D eigenvalue weighted by Gasteiger charge is 2.37. The lowest BCUT2D eigenvalue weighted by atomic mass is 9.93. The maximum atomic E-state index is 11.1. The Morgan fingerprint density at radius 2 is 2.21 bits per heavy atom. The molecule has 2 nitrogen and oxygen atoms in total. The summed E-state index contributed by atoms with van der Waals surface area (Å²) in [6.45, 7) is 2.00. The van der Waals surface area contributed by atoms with Crippen molar-refractivity contribution in [2.75, 3.05) is 0 Å². The summed E-state index contributed by atoms with van der Waals surface area (Å²) < 4.78 is 0. The number of aryl methyl sites for hydroxylation is 1. The summed E-state index contributed by atoms with van der Waals surface area (Å²) in [5.41, 5.74) is 2.09. The van der Waals surface area contributed by atoms with E-state index in [1.54, 1.807) is 0 Å². The largest absolute Gasteiger partial charge is 0.481 e. The molecule has 0 spiro atoms. The van der Waals surface area contributed by atoms with Crippen LogP contribution in [0.3, 0.4) is 0 Å². The summed E-state index contributed by atoms with van der Waals surface area (Å²) in [6.07, 6.45) is 2.12. The normalized spacial score (nSPS) is 17.8. The van der Waals surface area contributed by atoms with E-state index >= 15 is 0 Å². The Balaban J connectivity index is 2.30. The first-order chi connectivity index (χ1) is 6.68. The van der Waals surface area contributed by atoms with E-state index in [1.165, 1.54) is 0 Å². The molecule has 1 aromatic rings. The van der Waals surface area contributed by atoms with Gasteiger partial charge in [-0.1, -0.05) is 29.8 Å². The molecule has 0 radical (unpaired) electrons. The van der Waals surface area contributed by atoms with Crippen LogP contribution in [0.25, 0.3) is 0 Å². The number of aliphatic carboxylic acids is 1. The molecule has 1 N–H and O–H groups in total. The molecule has 2 heteroatoms. The fourth-order valence-corrected chi connectivity index (χ4v) is 1.91. The quantitative estimate of drug-likeness (QED) is 0.795. The summed E-state index contributed by atoms with van der Waals surface area (Å²) in [7, 11) is 0. The minimum Gasteiger partial charge on any atom is -0.481 e. The van der Waals surface area contributed by atoms with Crippen molar-refractivity contribution in [2.45, 2.75) is 25.7 Å². The molecule has 1 fully saturated rings. The third-order valence-electron chi connectivity index (χ3n) is 2.76. The lowest BCUT2D eigenvalue weighted by molar-refractivity contribution is -0.139. The smallest absolute Gasteiger partial charge is 0.311 e. The SMILES string of the molecule is Cc1cccc(C(C(=O)O)C2CC2)c1. The molecule has 14 heavy (non-hydrogen) atoms. The highest BCUT2D eigenvalue weighted by Crippen LogP contribution is 2.42. The molecule has 0 heterocycles. The third-order valence-corrected chi connectivity index (χ3v) is 2.76. The number of benzene rings is 1. The van der Waals surface area contributed by atoms with Crippen LogP contribution in [0.1, 0.15) is 29.9 Å². The van der Waals surface area contributed by atoms with Crippen molar-refractivity contribution >= 4 is 5.97 Å². The fraction of sp³-hybridized carbons (Fsp3) is 0.417. The van der Waals surface area contributed by atoms with Crippen molar-refractivity contribution < 1.29 is 9.90 Å². The van der Waals surface area contributed by atoms with E-state index in [-0.39, 0.29) is 5.92 Å². The zero-order chi connectivity index (χ0) is 10.1. The van der Waals surface area contributed by atoms with Crippen molar-refractivity contribution in [1.29, 1.82) is 0 Å².